The molecule has 0 heterocycles. The van der Waals surface area contributed by atoms with Gasteiger partial charge in [-0.25, -0.2) is 8.42 Å². The summed E-state index contributed by atoms with van der Waals surface area (Å²) in [6.07, 6.45) is 5.05. The molecule has 1 amide bonds. The molecule has 0 atom stereocenters. The van der Waals surface area contributed by atoms with Crippen LogP contribution >= 0.6 is 11.6 Å². The molecule has 0 aliphatic rings. The second kappa shape index (κ2) is 7.97. The Bertz CT molecular complexity index is 871. The fourth-order valence-corrected chi connectivity index (χ4v) is 3.02. The van der Waals surface area contributed by atoms with Gasteiger partial charge in [-0.3, -0.25) is 4.79 Å². The van der Waals surface area contributed by atoms with Gasteiger partial charge in [0, 0.05) is 17.1 Å². The zero-order valence-electron chi connectivity index (χ0n) is 12.6. The molecule has 124 valence electrons. The lowest BCUT2D eigenvalue weighted by atomic mass is 10.2. The average Bonchev–Trinajstić information content (AvgIpc) is 2.59. The molecule has 2 N–H and O–H groups in total. The number of sulfonamides is 1. The van der Waals surface area contributed by atoms with Gasteiger partial charge in [-0.1, -0.05) is 35.7 Å². The van der Waals surface area contributed by atoms with Crippen molar-refractivity contribution >= 4 is 27.5 Å². The van der Waals surface area contributed by atoms with Crippen molar-refractivity contribution in [3.63, 3.8) is 0 Å². The Morgan fingerprint density at radius 3 is 2.54 bits per heavy atom. The number of terminal acetylenes is 1. The van der Waals surface area contributed by atoms with Crippen LogP contribution in [0.1, 0.15) is 15.9 Å². The van der Waals surface area contributed by atoms with Crippen LogP contribution in [0.4, 0.5) is 0 Å². The summed E-state index contributed by atoms with van der Waals surface area (Å²) in [4.78, 5) is 12.2. The van der Waals surface area contributed by atoms with E-state index >= 15 is 0 Å². The van der Waals surface area contributed by atoms with Gasteiger partial charge in [0.05, 0.1) is 11.4 Å². The Morgan fingerprint density at radius 1 is 1.17 bits per heavy atom. The minimum Gasteiger partial charge on any atom is -0.348 e. The van der Waals surface area contributed by atoms with E-state index in [2.05, 4.69) is 16.0 Å². The lowest BCUT2D eigenvalue weighted by molar-refractivity contribution is 0.0950. The van der Waals surface area contributed by atoms with Crippen molar-refractivity contribution in [3.05, 3.63) is 64.7 Å². The first-order valence-electron chi connectivity index (χ1n) is 6.98. The van der Waals surface area contributed by atoms with Crippen molar-refractivity contribution in [2.75, 3.05) is 6.54 Å². The van der Waals surface area contributed by atoms with Gasteiger partial charge in [-0.15, -0.1) is 6.42 Å². The van der Waals surface area contributed by atoms with E-state index in [0.717, 1.165) is 5.56 Å². The van der Waals surface area contributed by atoms with Gasteiger partial charge in [0.25, 0.3) is 5.91 Å². The van der Waals surface area contributed by atoms with Crippen LogP contribution in [0.2, 0.25) is 5.02 Å². The number of carbonyl (C=O) groups is 1. The summed E-state index contributed by atoms with van der Waals surface area (Å²) in [7, 11) is -3.74. The maximum atomic E-state index is 12.2. The summed E-state index contributed by atoms with van der Waals surface area (Å²) < 4.78 is 26.3. The molecule has 2 aromatic carbocycles. The third-order valence-corrected chi connectivity index (χ3v) is 4.79. The first kappa shape index (κ1) is 18.0. The van der Waals surface area contributed by atoms with Crippen LogP contribution in [0.25, 0.3) is 0 Å². The summed E-state index contributed by atoms with van der Waals surface area (Å²) in [5.74, 6) is 1.82. The van der Waals surface area contributed by atoms with E-state index in [9.17, 15) is 13.2 Å². The Morgan fingerprint density at radius 2 is 1.88 bits per heavy atom. The van der Waals surface area contributed by atoms with E-state index in [1.807, 2.05) is 0 Å². The fraction of sp³-hybridized carbons (Fsp3) is 0.118. The highest BCUT2D eigenvalue weighted by atomic mass is 35.5. The first-order valence-corrected chi connectivity index (χ1v) is 8.84. The predicted molar refractivity (Wildman–Crippen MR) is 93.1 cm³/mol. The number of nitrogens with one attached hydrogen (secondary N) is 2. The van der Waals surface area contributed by atoms with Gasteiger partial charge in [-0.2, -0.15) is 4.72 Å². The third-order valence-electron chi connectivity index (χ3n) is 3.14. The van der Waals surface area contributed by atoms with Crippen molar-refractivity contribution in [2.24, 2.45) is 0 Å². The monoisotopic (exact) mass is 362 g/mol. The Kier molecular flexibility index (Phi) is 5.99. The summed E-state index contributed by atoms with van der Waals surface area (Å²) in [6, 6.07) is 12.8. The SMILES string of the molecule is C#CCNS(=O)(=O)c1cccc(C(=O)NCc2ccc(Cl)cc2)c1. The molecule has 0 saturated heterocycles. The smallest absolute Gasteiger partial charge is 0.251 e. The Labute approximate surface area is 146 Å². The lowest BCUT2D eigenvalue weighted by Crippen LogP contribution is -2.25. The number of hydrogen-bond donors (Lipinski definition) is 2. The summed E-state index contributed by atoms with van der Waals surface area (Å²) in [6.45, 7) is 0.192. The van der Waals surface area contributed by atoms with Gasteiger partial charge < -0.3 is 5.32 Å². The molecule has 0 bridgehead atoms. The maximum Gasteiger partial charge on any atom is 0.251 e. The minimum atomic E-state index is -3.74. The zero-order valence-corrected chi connectivity index (χ0v) is 14.2. The lowest BCUT2D eigenvalue weighted by Gasteiger charge is -2.08. The molecule has 24 heavy (non-hydrogen) atoms. The van der Waals surface area contributed by atoms with Gasteiger partial charge >= 0.3 is 0 Å². The molecular weight excluding hydrogens is 348 g/mol. The minimum absolute atomic E-state index is 0.0168. The second-order valence-corrected chi connectivity index (χ2v) is 7.07. The molecule has 0 aromatic heterocycles. The molecule has 2 rings (SSSR count). The van der Waals surface area contributed by atoms with E-state index in [-0.39, 0.29) is 22.9 Å². The second-order valence-electron chi connectivity index (χ2n) is 4.87. The van der Waals surface area contributed by atoms with E-state index in [4.69, 9.17) is 18.0 Å². The van der Waals surface area contributed by atoms with Gasteiger partial charge in [0.15, 0.2) is 0 Å². The molecule has 0 saturated carbocycles. The van der Waals surface area contributed by atoms with Crippen molar-refractivity contribution < 1.29 is 13.2 Å². The topological polar surface area (TPSA) is 75.3 Å². The Balaban J connectivity index is 2.09. The van der Waals surface area contributed by atoms with Gasteiger partial charge in [0.2, 0.25) is 10.0 Å². The van der Waals surface area contributed by atoms with Crippen LogP contribution in [-0.4, -0.2) is 20.9 Å². The molecule has 0 aliphatic carbocycles. The van der Waals surface area contributed by atoms with Crippen LogP contribution in [0.15, 0.2) is 53.4 Å². The van der Waals surface area contributed by atoms with Crippen LogP contribution < -0.4 is 10.0 Å². The van der Waals surface area contributed by atoms with Crippen LogP contribution in [0.5, 0.6) is 0 Å². The zero-order chi connectivity index (χ0) is 17.6. The molecule has 2 aromatic rings. The van der Waals surface area contributed by atoms with Crippen LogP contribution in [0, 0.1) is 12.3 Å². The Hall–Kier alpha value is -2.33. The first-order chi connectivity index (χ1) is 11.4. The maximum absolute atomic E-state index is 12.2. The highest BCUT2D eigenvalue weighted by Gasteiger charge is 2.15. The summed E-state index contributed by atoms with van der Waals surface area (Å²) >= 11 is 5.80. The molecule has 0 fully saturated rings. The van der Waals surface area contributed by atoms with Gasteiger partial charge in [-0.05, 0) is 35.9 Å². The highest BCUT2D eigenvalue weighted by Crippen LogP contribution is 2.12. The summed E-state index contributed by atoms with van der Waals surface area (Å²) in [5.41, 5.74) is 1.12. The molecule has 5 nitrogen and oxygen atoms in total. The molecule has 7 heteroatoms. The molecule has 0 aliphatic heterocycles. The quantitative estimate of drug-likeness (QED) is 0.773. The van der Waals surface area contributed by atoms with E-state index < -0.39 is 10.0 Å². The number of halogens is 1. The van der Waals surface area contributed by atoms with Crippen molar-refractivity contribution in [3.8, 4) is 12.3 Å². The number of carbonyl (C=O) groups excluding carboxylic acids is 1. The molecular formula is C17H15ClN2O3S. The molecule has 0 spiro atoms. The standard InChI is InChI=1S/C17H15ClN2O3S/c1-2-10-20-24(22,23)16-5-3-4-14(11-16)17(21)19-12-13-6-8-15(18)9-7-13/h1,3-9,11,20H,10,12H2,(H,19,21). The van der Waals surface area contributed by atoms with Crippen molar-refractivity contribution in [1.29, 1.82) is 0 Å². The van der Waals surface area contributed by atoms with E-state index in [0.29, 0.717) is 11.6 Å². The van der Waals surface area contributed by atoms with E-state index in [1.165, 1.54) is 24.3 Å². The largest absolute Gasteiger partial charge is 0.348 e. The number of amides is 1. The summed E-state index contributed by atoms with van der Waals surface area (Å²) in [5, 5.41) is 3.34. The average molecular weight is 363 g/mol. The van der Waals surface area contributed by atoms with E-state index in [1.54, 1.807) is 24.3 Å². The van der Waals surface area contributed by atoms with Crippen LogP contribution in [0.3, 0.4) is 0 Å². The van der Waals surface area contributed by atoms with Crippen molar-refractivity contribution in [2.45, 2.75) is 11.4 Å². The molecule has 0 radical (unpaired) electrons. The highest BCUT2D eigenvalue weighted by molar-refractivity contribution is 7.89. The number of hydrogen-bond acceptors (Lipinski definition) is 3. The van der Waals surface area contributed by atoms with Gasteiger partial charge in [0.1, 0.15) is 0 Å². The van der Waals surface area contributed by atoms with Crippen LogP contribution in [-0.2, 0) is 16.6 Å². The van der Waals surface area contributed by atoms with Crippen molar-refractivity contribution in [1.82, 2.24) is 10.0 Å². The molecule has 0 unspecified atom stereocenters. The fourth-order valence-electron chi connectivity index (χ4n) is 1.91. The number of rotatable bonds is 6. The third kappa shape index (κ3) is 4.83. The predicted octanol–water partition coefficient (Wildman–Crippen LogP) is 2.18. The number of benzene rings is 2. The normalized spacial score (nSPS) is 10.8.